The molecule has 0 bridgehead atoms. The lowest BCUT2D eigenvalue weighted by Gasteiger charge is -2.05. The van der Waals surface area contributed by atoms with Crippen LogP contribution >= 0.6 is 0 Å². The van der Waals surface area contributed by atoms with E-state index in [0.29, 0.717) is 11.6 Å². The number of rotatable bonds is 4. The highest BCUT2D eigenvalue weighted by Gasteiger charge is 2.13. The van der Waals surface area contributed by atoms with Crippen molar-refractivity contribution < 1.29 is 0 Å². The van der Waals surface area contributed by atoms with E-state index in [2.05, 4.69) is 31.2 Å². The van der Waals surface area contributed by atoms with Crippen molar-refractivity contribution in [3.8, 4) is 22.8 Å². The molecule has 22 heavy (non-hydrogen) atoms. The zero-order valence-electron chi connectivity index (χ0n) is 11.3. The number of nitrogens with zero attached hydrogens (tertiary/aromatic N) is 6. The molecular weight excluding hydrogens is 288 g/mol. The first-order valence-electron chi connectivity index (χ1n) is 6.10. The number of nitrogen functional groups attached to an aromatic ring is 4. The summed E-state index contributed by atoms with van der Waals surface area (Å²) in [4.78, 5) is 0. The molecule has 0 spiro atoms. The number of nitrogens with two attached hydrogens (primary N) is 4. The van der Waals surface area contributed by atoms with Gasteiger partial charge in [0.1, 0.15) is 0 Å². The van der Waals surface area contributed by atoms with Gasteiger partial charge in [0.2, 0.25) is 0 Å². The third-order valence-corrected chi connectivity index (χ3v) is 3.05. The number of benzene rings is 1. The molecule has 1 aromatic carbocycles. The largest absolute Gasteiger partial charge is 0.334 e. The minimum Gasteiger partial charge on any atom is -0.334 e. The van der Waals surface area contributed by atoms with Gasteiger partial charge in [0.25, 0.3) is 11.9 Å². The fraction of sp³-hybridized carbons (Fsp3) is 0. The molecule has 0 atom stereocenters. The molecular formula is C10H14N12. The smallest absolute Gasteiger partial charge is 0.257 e. The molecule has 0 fully saturated rings. The molecule has 0 aliphatic rings. The summed E-state index contributed by atoms with van der Waals surface area (Å²) in [6.07, 6.45) is 0. The lowest BCUT2D eigenvalue weighted by Crippen LogP contribution is -2.19. The van der Waals surface area contributed by atoms with Crippen LogP contribution in [0.3, 0.4) is 0 Å². The summed E-state index contributed by atoms with van der Waals surface area (Å²) >= 11 is 0. The molecule has 3 rings (SSSR count). The zero-order chi connectivity index (χ0) is 15.7. The summed E-state index contributed by atoms with van der Waals surface area (Å²) in [6.45, 7) is 0. The number of aromatic nitrogens is 6. The van der Waals surface area contributed by atoms with Crippen molar-refractivity contribution in [2.24, 2.45) is 11.7 Å². The predicted octanol–water partition coefficient (Wildman–Crippen LogP) is -1.80. The number of hydrogen-bond acceptors (Lipinski definition) is 10. The van der Waals surface area contributed by atoms with Crippen LogP contribution < -0.4 is 34.2 Å². The molecule has 0 radical (unpaired) electrons. The van der Waals surface area contributed by atoms with Crippen LogP contribution in [0.1, 0.15) is 0 Å². The van der Waals surface area contributed by atoms with E-state index >= 15 is 0 Å². The molecule has 12 heteroatoms. The van der Waals surface area contributed by atoms with E-state index in [0.717, 1.165) is 11.1 Å². The summed E-state index contributed by atoms with van der Waals surface area (Å²) < 4.78 is 2.49. The molecule has 12 nitrogen and oxygen atoms in total. The first-order valence-corrected chi connectivity index (χ1v) is 6.10. The summed E-state index contributed by atoms with van der Waals surface area (Å²) in [5.41, 5.74) is 6.19. The van der Waals surface area contributed by atoms with Gasteiger partial charge in [-0.25, -0.2) is 21.0 Å². The van der Waals surface area contributed by atoms with Crippen LogP contribution in [0.25, 0.3) is 22.8 Å². The maximum absolute atomic E-state index is 5.82. The Morgan fingerprint density at radius 3 is 1.32 bits per heavy atom. The normalized spacial score (nSPS) is 10.6. The molecule has 3 aromatic rings. The number of hydrogen-bond donors (Lipinski definition) is 6. The first-order chi connectivity index (χ1) is 10.7. The summed E-state index contributed by atoms with van der Waals surface area (Å²) in [5, 5.41) is 15.5. The Kier molecular flexibility index (Phi) is 3.21. The van der Waals surface area contributed by atoms with Gasteiger partial charge >= 0.3 is 0 Å². The molecule has 0 saturated carbocycles. The maximum Gasteiger partial charge on any atom is 0.257 e. The van der Waals surface area contributed by atoms with E-state index in [9.17, 15) is 0 Å². The minimum absolute atomic E-state index is 0.249. The minimum atomic E-state index is 0.249. The lowest BCUT2D eigenvalue weighted by atomic mass is 10.1. The van der Waals surface area contributed by atoms with Crippen LogP contribution in [-0.2, 0) is 0 Å². The van der Waals surface area contributed by atoms with Crippen molar-refractivity contribution in [2.75, 3.05) is 22.5 Å². The third kappa shape index (κ3) is 2.04. The van der Waals surface area contributed by atoms with Gasteiger partial charge in [-0.05, 0) is 0 Å². The van der Waals surface area contributed by atoms with Gasteiger partial charge < -0.3 is 11.7 Å². The van der Waals surface area contributed by atoms with Crippen molar-refractivity contribution in [1.29, 1.82) is 0 Å². The lowest BCUT2D eigenvalue weighted by molar-refractivity contribution is 0.992. The molecule has 0 aliphatic heterocycles. The predicted molar refractivity (Wildman–Crippen MR) is 80.4 cm³/mol. The summed E-state index contributed by atoms with van der Waals surface area (Å²) in [5.74, 6) is 23.6. The number of anilines is 2. The van der Waals surface area contributed by atoms with Crippen LogP contribution in [0.15, 0.2) is 24.3 Å². The van der Waals surface area contributed by atoms with Crippen LogP contribution in [0.4, 0.5) is 11.9 Å². The highest BCUT2D eigenvalue weighted by molar-refractivity contribution is 5.65. The van der Waals surface area contributed by atoms with Gasteiger partial charge in [0, 0.05) is 11.1 Å². The Bertz CT molecular complexity index is 718. The Morgan fingerprint density at radius 2 is 1.05 bits per heavy atom. The van der Waals surface area contributed by atoms with Crippen molar-refractivity contribution in [2.45, 2.75) is 0 Å². The van der Waals surface area contributed by atoms with E-state index in [4.69, 9.17) is 23.4 Å². The monoisotopic (exact) mass is 302 g/mol. The zero-order valence-corrected chi connectivity index (χ0v) is 11.3. The number of nitrogens with one attached hydrogen (secondary N) is 2. The van der Waals surface area contributed by atoms with Crippen molar-refractivity contribution >= 4 is 11.9 Å². The molecule has 114 valence electrons. The quantitative estimate of drug-likeness (QED) is 0.237. The SMILES string of the molecule is NNc1nnc(-c2ccc(-c3nnc(NN)n3N)cc2)n1N. The molecule has 0 amide bonds. The average Bonchev–Trinajstić information content (AvgIpc) is 3.10. The van der Waals surface area contributed by atoms with Gasteiger partial charge in [-0.1, -0.05) is 24.3 Å². The van der Waals surface area contributed by atoms with Gasteiger partial charge in [-0.3, -0.25) is 10.9 Å². The Morgan fingerprint density at radius 1 is 0.682 bits per heavy atom. The molecule has 2 aromatic heterocycles. The van der Waals surface area contributed by atoms with Crippen LogP contribution in [0, 0.1) is 0 Å². The van der Waals surface area contributed by atoms with Gasteiger partial charge in [-0.15, -0.1) is 20.4 Å². The third-order valence-electron chi connectivity index (χ3n) is 3.05. The molecule has 10 N–H and O–H groups in total. The highest BCUT2D eigenvalue weighted by Crippen LogP contribution is 2.23. The Hall–Kier alpha value is -3.38. The fourth-order valence-corrected chi connectivity index (χ4v) is 1.94. The van der Waals surface area contributed by atoms with Gasteiger partial charge in [-0.2, -0.15) is 0 Å². The standard InChI is InChI=1S/C10H14N12/c11-15-9-19-17-7(21(9)13)5-1-2-6(4-3-5)8-18-20-10(16-12)22(8)14/h1-4H,11-14H2,(H,15,19)(H,16,20). The van der Waals surface area contributed by atoms with Crippen LogP contribution in [-0.4, -0.2) is 29.7 Å². The van der Waals surface area contributed by atoms with E-state index in [1.807, 2.05) is 0 Å². The highest BCUT2D eigenvalue weighted by atomic mass is 15.5. The first kappa shape index (κ1) is 13.6. The van der Waals surface area contributed by atoms with E-state index in [-0.39, 0.29) is 11.9 Å². The second-order valence-electron chi connectivity index (χ2n) is 4.30. The second-order valence-corrected chi connectivity index (χ2v) is 4.30. The van der Waals surface area contributed by atoms with Crippen LogP contribution in [0.2, 0.25) is 0 Å². The van der Waals surface area contributed by atoms with Crippen molar-refractivity contribution in [3.63, 3.8) is 0 Å². The van der Waals surface area contributed by atoms with Gasteiger partial charge in [0.15, 0.2) is 11.6 Å². The van der Waals surface area contributed by atoms with Gasteiger partial charge in [0.05, 0.1) is 0 Å². The average molecular weight is 302 g/mol. The second kappa shape index (κ2) is 5.19. The molecule has 0 saturated heterocycles. The maximum atomic E-state index is 5.82. The molecule has 0 unspecified atom stereocenters. The topological polar surface area (TPSA) is 190 Å². The summed E-state index contributed by atoms with van der Waals surface area (Å²) in [7, 11) is 0. The Balaban J connectivity index is 1.95. The number of hydrazine groups is 2. The van der Waals surface area contributed by atoms with E-state index in [1.54, 1.807) is 24.3 Å². The fourth-order valence-electron chi connectivity index (χ4n) is 1.94. The van der Waals surface area contributed by atoms with E-state index < -0.39 is 0 Å². The molecule has 0 aliphatic carbocycles. The van der Waals surface area contributed by atoms with Crippen LogP contribution in [0.5, 0.6) is 0 Å². The summed E-state index contributed by atoms with van der Waals surface area (Å²) in [6, 6.07) is 7.20. The van der Waals surface area contributed by atoms with Crippen molar-refractivity contribution in [1.82, 2.24) is 29.7 Å². The molecule has 2 heterocycles. The van der Waals surface area contributed by atoms with E-state index in [1.165, 1.54) is 9.35 Å². The van der Waals surface area contributed by atoms with Crippen molar-refractivity contribution in [3.05, 3.63) is 24.3 Å². The Labute approximate surface area is 124 Å².